The number of carbonyl (C=O) groups excluding carboxylic acids is 1. The average Bonchev–Trinajstić information content (AvgIpc) is 2.71. The summed E-state index contributed by atoms with van der Waals surface area (Å²) < 4.78 is 26.4. The molecule has 3 rings (SSSR count). The topological polar surface area (TPSA) is 57.7 Å². The second-order valence-electron chi connectivity index (χ2n) is 6.28. The van der Waals surface area contributed by atoms with Crippen molar-refractivity contribution in [1.82, 2.24) is 9.21 Å². The summed E-state index contributed by atoms with van der Waals surface area (Å²) in [5, 5.41) is 1.87. The Bertz CT molecular complexity index is 941. The number of nitrogens with zero attached hydrogens (tertiary/aromatic N) is 2. The fourth-order valence-corrected chi connectivity index (χ4v) is 5.09. The molecule has 0 aliphatic carbocycles. The summed E-state index contributed by atoms with van der Waals surface area (Å²) in [5.41, 5.74) is 0.831. The molecule has 148 valence electrons. The highest BCUT2D eigenvalue weighted by Crippen LogP contribution is 2.22. The molecule has 1 aliphatic rings. The van der Waals surface area contributed by atoms with Crippen LogP contribution in [-0.2, 0) is 14.8 Å². The highest BCUT2D eigenvalue weighted by Gasteiger charge is 2.27. The minimum absolute atomic E-state index is 0.00171. The van der Waals surface area contributed by atoms with Gasteiger partial charge in [-0.2, -0.15) is 4.31 Å². The zero-order valence-electron chi connectivity index (χ0n) is 15.2. The molecule has 1 amide bonds. The third kappa shape index (κ3) is 5.85. The van der Waals surface area contributed by atoms with E-state index in [-0.39, 0.29) is 5.91 Å². The average molecular weight is 437 g/mol. The Hall–Kier alpha value is -1.80. The quantitative estimate of drug-likeness (QED) is 0.649. The van der Waals surface area contributed by atoms with Crippen LogP contribution < -0.4 is 0 Å². The number of halogens is 1. The smallest absolute Gasteiger partial charge is 0.236 e. The van der Waals surface area contributed by atoms with E-state index in [0.717, 1.165) is 10.5 Å². The minimum Gasteiger partial charge on any atom is -0.339 e. The van der Waals surface area contributed by atoms with Gasteiger partial charge in [-0.25, -0.2) is 8.42 Å². The molecule has 0 spiro atoms. The predicted molar refractivity (Wildman–Crippen MR) is 115 cm³/mol. The molecular weight excluding hydrogens is 416 g/mol. The van der Waals surface area contributed by atoms with Crippen molar-refractivity contribution in [3.8, 4) is 0 Å². The van der Waals surface area contributed by atoms with Gasteiger partial charge < -0.3 is 4.90 Å². The molecule has 2 aromatic rings. The lowest BCUT2D eigenvalue weighted by Gasteiger charge is -2.33. The van der Waals surface area contributed by atoms with E-state index in [1.807, 2.05) is 48.5 Å². The molecule has 0 aromatic heterocycles. The minimum atomic E-state index is -3.50. The van der Waals surface area contributed by atoms with Gasteiger partial charge in [0.2, 0.25) is 15.9 Å². The number of rotatable bonds is 6. The van der Waals surface area contributed by atoms with E-state index < -0.39 is 10.0 Å². The summed E-state index contributed by atoms with van der Waals surface area (Å²) in [4.78, 5) is 15.1. The van der Waals surface area contributed by atoms with E-state index in [0.29, 0.717) is 37.0 Å². The Morgan fingerprint density at radius 2 is 1.75 bits per heavy atom. The largest absolute Gasteiger partial charge is 0.339 e. The number of hydrogen-bond donors (Lipinski definition) is 0. The zero-order chi connectivity index (χ0) is 20.0. The lowest BCUT2D eigenvalue weighted by atomic mass is 10.2. The number of carbonyl (C=O) groups is 1. The third-order valence-corrected chi connectivity index (χ3v) is 7.12. The van der Waals surface area contributed by atoms with Crippen molar-refractivity contribution in [2.75, 3.05) is 31.9 Å². The lowest BCUT2D eigenvalue weighted by Crippen LogP contribution is -2.50. The van der Waals surface area contributed by atoms with E-state index in [1.165, 1.54) is 21.5 Å². The third-order valence-electron chi connectivity index (χ3n) is 4.34. The molecule has 1 aliphatic heterocycles. The van der Waals surface area contributed by atoms with E-state index in [1.54, 1.807) is 17.0 Å². The first-order valence-corrected chi connectivity index (χ1v) is 11.7. The highest BCUT2D eigenvalue weighted by molar-refractivity contribution is 8.00. The molecule has 1 heterocycles. The standard InChI is InChI=1S/C20H21ClN2O3S2/c21-18-7-4-8-19(15-18)27-16-20(24)22-10-12-23(13-11-22)28(25,26)14-9-17-5-2-1-3-6-17/h1-9,14-15H,10-13,16H2. The highest BCUT2D eigenvalue weighted by atomic mass is 35.5. The Kier molecular flexibility index (Phi) is 7.18. The van der Waals surface area contributed by atoms with E-state index in [4.69, 9.17) is 11.6 Å². The van der Waals surface area contributed by atoms with Crippen LogP contribution in [0.1, 0.15) is 5.56 Å². The van der Waals surface area contributed by atoms with E-state index in [2.05, 4.69) is 0 Å². The molecule has 0 radical (unpaired) electrons. The first-order chi connectivity index (χ1) is 13.4. The maximum absolute atomic E-state index is 12.5. The van der Waals surface area contributed by atoms with Gasteiger partial charge in [0.15, 0.2) is 0 Å². The van der Waals surface area contributed by atoms with Crippen LogP contribution in [0.4, 0.5) is 0 Å². The van der Waals surface area contributed by atoms with E-state index in [9.17, 15) is 13.2 Å². The fourth-order valence-electron chi connectivity index (χ4n) is 2.80. The summed E-state index contributed by atoms with van der Waals surface area (Å²) >= 11 is 7.39. The van der Waals surface area contributed by atoms with Crippen LogP contribution in [0, 0.1) is 0 Å². The number of thioether (sulfide) groups is 1. The number of sulfonamides is 1. The first-order valence-electron chi connectivity index (χ1n) is 8.83. The molecule has 0 saturated carbocycles. The Labute approximate surface area is 175 Å². The fraction of sp³-hybridized carbons (Fsp3) is 0.250. The zero-order valence-corrected chi connectivity index (χ0v) is 17.6. The number of piperazine rings is 1. The second kappa shape index (κ2) is 9.60. The number of amides is 1. The molecular formula is C20H21ClN2O3S2. The van der Waals surface area contributed by atoms with Gasteiger partial charge in [0.25, 0.3) is 0 Å². The van der Waals surface area contributed by atoms with Gasteiger partial charge in [-0.15, -0.1) is 11.8 Å². The molecule has 0 bridgehead atoms. The van der Waals surface area contributed by atoms with Gasteiger partial charge in [0, 0.05) is 41.5 Å². The number of benzene rings is 2. The number of hydrogen-bond acceptors (Lipinski definition) is 4. The van der Waals surface area contributed by atoms with Crippen LogP contribution in [0.3, 0.4) is 0 Å². The molecule has 28 heavy (non-hydrogen) atoms. The maximum Gasteiger partial charge on any atom is 0.236 e. The first kappa shape index (κ1) is 20.9. The summed E-state index contributed by atoms with van der Waals surface area (Å²) in [6.07, 6.45) is 1.59. The maximum atomic E-state index is 12.5. The monoisotopic (exact) mass is 436 g/mol. The van der Waals surface area contributed by atoms with Crippen LogP contribution in [0.15, 0.2) is 64.9 Å². The summed E-state index contributed by atoms with van der Waals surface area (Å²) in [6, 6.07) is 16.7. The van der Waals surface area contributed by atoms with E-state index >= 15 is 0 Å². The molecule has 2 aromatic carbocycles. The van der Waals surface area contributed by atoms with Crippen molar-refractivity contribution in [3.05, 3.63) is 70.6 Å². The Balaban J connectivity index is 1.50. The second-order valence-corrected chi connectivity index (χ2v) is 9.59. The van der Waals surface area contributed by atoms with Crippen molar-refractivity contribution in [2.24, 2.45) is 0 Å². The van der Waals surface area contributed by atoms with Crippen molar-refractivity contribution >= 4 is 45.4 Å². The lowest BCUT2D eigenvalue weighted by molar-refractivity contribution is -0.129. The van der Waals surface area contributed by atoms with Crippen molar-refractivity contribution in [1.29, 1.82) is 0 Å². The molecule has 1 saturated heterocycles. The van der Waals surface area contributed by atoms with Crippen LogP contribution in [0.2, 0.25) is 5.02 Å². The van der Waals surface area contributed by atoms with Crippen molar-refractivity contribution < 1.29 is 13.2 Å². The Morgan fingerprint density at radius 3 is 2.43 bits per heavy atom. The van der Waals surface area contributed by atoms with Gasteiger partial charge in [-0.3, -0.25) is 4.79 Å². The van der Waals surface area contributed by atoms with Gasteiger partial charge in [-0.05, 0) is 29.8 Å². The molecule has 5 nitrogen and oxygen atoms in total. The van der Waals surface area contributed by atoms with Crippen LogP contribution in [0.25, 0.3) is 6.08 Å². The normalized spacial score (nSPS) is 15.8. The van der Waals surface area contributed by atoms with Crippen molar-refractivity contribution in [2.45, 2.75) is 4.90 Å². The molecule has 0 unspecified atom stereocenters. The molecule has 8 heteroatoms. The van der Waals surface area contributed by atoms with Gasteiger partial charge in [-0.1, -0.05) is 48.0 Å². The van der Waals surface area contributed by atoms with Crippen LogP contribution in [-0.4, -0.2) is 55.5 Å². The van der Waals surface area contributed by atoms with Crippen molar-refractivity contribution in [3.63, 3.8) is 0 Å². The van der Waals surface area contributed by atoms with Gasteiger partial charge in [0.05, 0.1) is 5.75 Å². The summed E-state index contributed by atoms with van der Waals surface area (Å²) in [6.45, 7) is 1.39. The van der Waals surface area contributed by atoms with Gasteiger partial charge >= 0.3 is 0 Å². The molecule has 0 atom stereocenters. The van der Waals surface area contributed by atoms with Gasteiger partial charge in [0.1, 0.15) is 0 Å². The SMILES string of the molecule is O=C(CSc1cccc(Cl)c1)N1CCN(S(=O)(=O)C=Cc2ccccc2)CC1. The molecule has 0 N–H and O–H groups in total. The van der Waals surface area contributed by atoms with Crippen LogP contribution in [0.5, 0.6) is 0 Å². The molecule has 1 fully saturated rings. The predicted octanol–water partition coefficient (Wildman–Crippen LogP) is 3.58. The summed E-state index contributed by atoms with van der Waals surface area (Å²) in [7, 11) is -3.50. The summed E-state index contributed by atoms with van der Waals surface area (Å²) in [5.74, 6) is 0.308. The Morgan fingerprint density at radius 1 is 1.04 bits per heavy atom. The van der Waals surface area contributed by atoms with Crippen LogP contribution >= 0.6 is 23.4 Å².